The lowest BCUT2D eigenvalue weighted by Crippen LogP contribution is -1.95. The van der Waals surface area contributed by atoms with Gasteiger partial charge in [0.2, 0.25) is 0 Å². The van der Waals surface area contributed by atoms with Crippen molar-refractivity contribution in [2.75, 3.05) is 0 Å². The van der Waals surface area contributed by atoms with Crippen molar-refractivity contribution in [1.29, 1.82) is 0 Å². The SMILES string of the molecule is CC(O)c1c2nc(cc3ccc(cc4nc(cc5ccc1[nH]5)C=C4)[nH]3)C=C2. The minimum absolute atomic E-state index is 0.645. The summed E-state index contributed by atoms with van der Waals surface area (Å²) in [5, 5.41) is 10.4. The zero-order valence-corrected chi connectivity index (χ0v) is 14.8. The van der Waals surface area contributed by atoms with E-state index in [1.54, 1.807) is 6.92 Å². The summed E-state index contributed by atoms with van der Waals surface area (Å²) >= 11 is 0. The van der Waals surface area contributed by atoms with Crippen molar-refractivity contribution in [2.24, 2.45) is 0 Å². The summed E-state index contributed by atoms with van der Waals surface area (Å²) in [7, 11) is 0. The third kappa shape index (κ3) is 2.98. The summed E-state index contributed by atoms with van der Waals surface area (Å²) in [6.45, 7) is 1.76. The summed E-state index contributed by atoms with van der Waals surface area (Å²) in [5.41, 5.74) is 7.91. The summed E-state index contributed by atoms with van der Waals surface area (Å²) in [6.07, 6.45) is 7.24. The number of aliphatic hydroxyl groups excluding tert-OH is 1. The molecular weight excluding hydrogens is 336 g/mol. The molecule has 0 aromatic carbocycles. The van der Waals surface area contributed by atoms with Gasteiger partial charge >= 0.3 is 0 Å². The number of nitrogens with one attached hydrogen (secondary N) is 2. The predicted molar refractivity (Wildman–Crippen MR) is 109 cm³/mol. The Balaban J connectivity index is 1.89. The van der Waals surface area contributed by atoms with E-state index in [-0.39, 0.29) is 0 Å². The van der Waals surface area contributed by atoms with Crippen molar-refractivity contribution < 1.29 is 5.11 Å². The third-order valence-corrected chi connectivity index (χ3v) is 4.68. The van der Waals surface area contributed by atoms with E-state index in [9.17, 15) is 5.11 Å². The maximum absolute atomic E-state index is 10.4. The zero-order chi connectivity index (χ0) is 18.4. The Kier molecular flexibility index (Phi) is 3.55. The van der Waals surface area contributed by atoms with Crippen LogP contribution in [0.2, 0.25) is 0 Å². The monoisotopic (exact) mass is 354 g/mol. The van der Waals surface area contributed by atoms with E-state index >= 15 is 0 Å². The Morgan fingerprint density at radius 1 is 0.741 bits per heavy atom. The highest BCUT2D eigenvalue weighted by Crippen LogP contribution is 2.25. The standard InChI is InChI=1S/C22H18N4O/c1-13(27)22-20-8-6-18(25-20)11-16-4-2-14(23-16)10-15-3-5-17(24-15)12-19-7-9-21(22)26-19/h2-13,23,26-27H,1H3. The van der Waals surface area contributed by atoms with Gasteiger partial charge in [0.1, 0.15) is 0 Å². The van der Waals surface area contributed by atoms with Crippen molar-refractivity contribution in [1.82, 2.24) is 19.9 Å². The van der Waals surface area contributed by atoms with Crippen LogP contribution in [0.5, 0.6) is 0 Å². The molecule has 0 aliphatic carbocycles. The smallest absolute Gasteiger partial charge is 0.0803 e. The number of H-pyrrole nitrogens is 2. The van der Waals surface area contributed by atoms with E-state index in [1.807, 2.05) is 66.8 Å². The molecule has 5 rings (SSSR count). The number of aromatic amines is 2. The molecule has 1 unspecified atom stereocenters. The first-order valence-electron chi connectivity index (χ1n) is 8.89. The fourth-order valence-corrected chi connectivity index (χ4v) is 3.47. The van der Waals surface area contributed by atoms with Crippen LogP contribution in [0, 0.1) is 0 Å². The molecule has 8 bridgehead atoms. The maximum Gasteiger partial charge on any atom is 0.0803 e. The van der Waals surface area contributed by atoms with E-state index < -0.39 is 6.10 Å². The lowest BCUT2D eigenvalue weighted by molar-refractivity contribution is 0.200. The lowest BCUT2D eigenvalue weighted by atomic mass is 10.1. The van der Waals surface area contributed by atoms with Crippen LogP contribution in [0.25, 0.3) is 46.4 Å². The molecule has 3 N–H and O–H groups in total. The molecule has 0 spiro atoms. The first-order valence-corrected chi connectivity index (χ1v) is 8.89. The molecule has 0 saturated carbocycles. The molecule has 0 radical (unpaired) electrons. The van der Waals surface area contributed by atoms with Gasteiger partial charge in [-0.05, 0) is 73.7 Å². The van der Waals surface area contributed by atoms with Gasteiger partial charge in [-0.1, -0.05) is 0 Å². The second-order valence-electron chi connectivity index (χ2n) is 6.77. The highest BCUT2D eigenvalue weighted by Gasteiger charge is 2.12. The van der Waals surface area contributed by atoms with Crippen LogP contribution in [-0.4, -0.2) is 25.0 Å². The minimum Gasteiger partial charge on any atom is -0.389 e. The molecule has 2 aliphatic rings. The van der Waals surface area contributed by atoms with Crippen LogP contribution < -0.4 is 0 Å². The van der Waals surface area contributed by atoms with Crippen LogP contribution in [0.1, 0.15) is 41.4 Å². The molecule has 0 saturated heterocycles. The fraction of sp³-hybridized carbons (Fsp3) is 0.0909. The van der Waals surface area contributed by atoms with Crippen LogP contribution in [0.3, 0.4) is 0 Å². The van der Waals surface area contributed by atoms with Gasteiger partial charge in [-0.15, -0.1) is 0 Å². The Hall–Kier alpha value is -3.44. The normalized spacial score (nSPS) is 13.9. The fourth-order valence-electron chi connectivity index (χ4n) is 3.47. The maximum atomic E-state index is 10.4. The largest absolute Gasteiger partial charge is 0.389 e. The van der Waals surface area contributed by atoms with Gasteiger partial charge in [0.15, 0.2) is 0 Å². The van der Waals surface area contributed by atoms with Crippen molar-refractivity contribution in [3.8, 4) is 0 Å². The van der Waals surface area contributed by atoms with Gasteiger partial charge in [-0.2, -0.15) is 0 Å². The Bertz CT molecular complexity index is 1260. The molecular formula is C22H18N4O. The lowest BCUT2D eigenvalue weighted by Gasteiger charge is -2.05. The number of aromatic nitrogens is 4. The predicted octanol–water partition coefficient (Wildman–Crippen LogP) is 4.71. The van der Waals surface area contributed by atoms with E-state index in [4.69, 9.17) is 4.98 Å². The van der Waals surface area contributed by atoms with Crippen molar-refractivity contribution in [3.05, 3.63) is 70.8 Å². The van der Waals surface area contributed by atoms with E-state index in [2.05, 4.69) is 15.0 Å². The number of nitrogens with zero attached hydrogens (tertiary/aromatic N) is 2. The number of hydrogen-bond donors (Lipinski definition) is 3. The third-order valence-electron chi connectivity index (χ3n) is 4.68. The summed E-state index contributed by atoms with van der Waals surface area (Å²) in [6, 6.07) is 14.0. The van der Waals surface area contributed by atoms with Crippen molar-refractivity contribution >= 4 is 46.4 Å². The molecule has 2 aliphatic heterocycles. The Morgan fingerprint density at radius 2 is 1.30 bits per heavy atom. The molecule has 0 amide bonds. The van der Waals surface area contributed by atoms with Crippen molar-refractivity contribution in [2.45, 2.75) is 13.0 Å². The average Bonchev–Trinajstić information content (AvgIpc) is 3.39. The van der Waals surface area contributed by atoms with Gasteiger partial charge in [0.05, 0.1) is 28.9 Å². The van der Waals surface area contributed by atoms with E-state index in [0.29, 0.717) is 0 Å². The van der Waals surface area contributed by atoms with E-state index in [0.717, 1.165) is 50.4 Å². The number of rotatable bonds is 1. The molecule has 5 nitrogen and oxygen atoms in total. The zero-order valence-electron chi connectivity index (χ0n) is 14.8. The molecule has 27 heavy (non-hydrogen) atoms. The van der Waals surface area contributed by atoms with Crippen LogP contribution in [0.15, 0.2) is 42.5 Å². The van der Waals surface area contributed by atoms with Gasteiger partial charge in [0.25, 0.3) is 0 Å². The molecule has 0 fully saturated rings. The summed E-state index contributed by atoms with van der Waals surface area (Å²) < 4.78 is 0. The van der Waals surface area contributed by atoms with Gasteiger partial charge in [-0.25, -0.2) is 9.97 Å². The quantitative estimate of drug-likeness (QED) is 0.408. The van der Waals surface area contributed by atoms with Crippen LogP contribution in [-0.2, 0) is 0 Å². The molecule has 1 atom stereocenters. The second kappa shape index (κ2) is 6.07. The van der Waals surface area contributed by atoms with Crippen LogP contribution >= 0.6 is 0 Å². The number of aliphatic hydroxyl groups is 1. The van der Waals surface area contributed by atoms with Gasteiger partial charge < -0.3 is 15.1 Å². The van der Waals surface area contributed by atoms with Gasteiger partial charge in [0, 0.05) is 27.6 Å². The molecule has 132 valence electrons. The van der Waals surface area contributed by atoms with Gasteiger partial charge in [-0.3, -0.25) is 0 Å². The molecule has 3 aromatic heterocycles. The topological polar surface area (TPSA) is 77.6 Å². The highest BCUT2D eigenvalue weighted by atomic mass is 16.3. The summed E-state index contributed by atoms with van der Waals surface area (Å²) in [4.78, 5) is 16.1. The minimum atomic E-state index is -0.645. The molecule has 5 heteroatoms. The van der Waals surface area contributed by atoms with Crippen molar-refractivity contribution in [3.63, 3.8) is 0 Å². The molecule has 3 aromatic rings. The first-order chi connectivity index (χ1) is 13.1. The van der Waals surface area contributed by atoms with Crippen LogP contribution in [0.4, 0.5) is 0 Å². The molecule has 5 heterocycles. The van der Waals surface area contributed by atoms with E-state index in [1.165, 1.54) is 0 Å². The summed E-state index contributed by atoms with van der Waals surface area (Å²) in [5.74, 6) is 0. The Morgan fingerprint density at radius 3 is 1.96 bits per heavy atom. The number of fused-ring (bicyclic) bond motifs is 8. The average molecular weight is 354 g/mol. The second-order valence-corrected chi connectivity index (χ2v) is 6.77. The Labute approximate surface area is 155 Å². The first kappa shape index (κ1) is 15.8. The highest BCUT2D eigenvalue weighted by molar-refractivity contribution is 5.79. The number of hydrogen-bond acceptors (Lipinski definition) is 3.